The fourth-order valence-corrected chi connectivity index (χ4v) is 2.41. The van der Waals surface area contributed by atoms with Crippen molar-refractivity contribution in [2.24, 2.45) is 0 Å². The van der Waals surface area contributed by atoms with Crippen molar-refractivity contribution in [2.45, 2.75) is 38.8 Å². The average Bonchev–Trinajstić information content (AvgIpc) is 2.44. The van der Waals surface area contributed by atoms with Gasteiger partial charge < -0.3 is 10.1 Å². The second-order valence-corrected chi connectivity index (χ2v) is 6.86. The summed E-state index contributed by atoms with van der Waals surface area (Å²) in [4.78, 5) is 23.6. The number of carbonyl (C=O) groups excluding carboxylic acids is 2. The lowest BCUT2D eigenvalue weighted by atomic mass is 10.0. The summed E-state index contributed by atoms with van der Waals surface area (Å²) in [6, 6.07) is 13.2. The molecule has 122 valence electrons. The van der Waals surface area contributed by atoms with Crippen LogP contribution in [0, 0.1) is 0 Å². The average molecular weight is 331 g/mol. The second-order valence-electron chi connectivity index (χ2n) is 6.42. The van der Waals surface area contributed by atoms with Crippen LogP contribution in [0.1, 0.15) is 26.3 Å². The normalized spacial score (nSPS) is 12.7. The van der Waals surface area contributed by atoms with E-state index in [9.17, 15) is 9.59 Å². The summed E-state index contributed by atoms with van der Waals surface area (Å²) in [5, 5.41) is 4.40. The van der Waals surface area contributed by atoms with E-state index in [4.69, 9.17) is 4.74 Å². The van der Waals surface area contributed by atoms with Crippen LogP contribution in [-0.4, -0.2) is 22.9 Å². The Morgan fingerprint density at radius 3 is 2.39 bits per heavy atom. The van der Waals surface area contributed by atoms with Crippen molar-refractivity contribution in [3.05, 3.63) is 48.0 Å². The molecule has 23 heavy (non-hydrogen) atoms. The summed E-state index contributed by atoms with van der Waals surface area (Å²) in [5.41, 5.74) is 0.337. The first-order valence-corrected chi connectivity index (χ1v) is 7.89. The van der Waals surface area contributed by atoms with Gasteiger partial charge in [-0.15, -0.1) is 12.6 Å². The van der Waals surface area contributed by atoms with Crippen LogP contribution in [-0.2, 0) is 16.0 Å². The molecule has 0 saturated carbocycles. The molecule has 2 rings (SSSR count). The third-order valence-corrected chi connectivity index (χ3v) is 3.55. The molecule has 0 heterocycles. The van der Waals surface area contributed by atoms with E-state index in [1.54, 1.807) is 20.8 Å². The molecule has 4 nitrogen and oxygen atoms in total. The zero-order valence-corrected chi connectivity index (χ0v) is 14.4. The van der Waals surface area contributed by atoms with Crippen LogP contribution in [0.5, 0.6) is 0 Å². The SMILES string of the molecule is CC(C)(C)OC(=O)N[C@@H](Cc1ccc2ccccc2c1)C(=O)S. The Morgan fingerprint density at radius 2 is 1.78 bits per heavy atom. The number of rotatable bonds is 4. The van der Waals surface area contributed by atoms with E-state index in [1.807, 2.05) is 42.5 Å². The lowest BCUT2D eigenvalue weighted by molar-refractivity contribution is -0.112. The van der Waals surface area contributed by atoms with Gasteiger partial charge in [0.25, 0.3) is 0 Å². The van der Waals surface area contributed by atoms with Crippen LogP contribution >= 0.6 is 12.6 Å². The number of fused-ring (bicyclic) bond motifs is 1. The lowest BCUT2D eigenvalue weighted by Crippen LogP contribution is -2.43. The quantitative estimate of drug-likeness (QED) is 0.839. The van der Waals surface area contributed by atoms with Crippen molar-refractivity contribution in [3.63, 3.8) is 0 Å². The summed E-state index contributed by atoms with van der Waals surface area (Å²) in [5.74, 6) is 0. The zero-order valence-electron chi connectivity index (χ0n) is 13.5. The topological polar surface area (TPSA) is 55.4 Å². The molecular weight excluding hydrogens is 310 g/mol. The molecule has 2 aromatic carbocycles. The third kappa shape index (κ3) is 5.28. The number of hydrogen-bond donors (Lipinski definition) is 2. The van der Waals surface area contributed by atoms with E-state index < -0.39 is 22.9 Å². The van der Waals surface area contributed by atoms with Gasteiger partial charge in [0.1, 0.15) is 11.6 Å². The van der Waals surface area contributed by atoms with Crippen LogP contribution < -0.4 is 5.32 Å². The molecule has 0 spiro atoms. The van der Waals surface area contributed by atoms with Gasteiger partial charge in [-0.1, -0.05) is 42.5 Å². The molecule has 0 radical (unpaired) electrons. The van der Waals surface area contributed by atoms with Gasteiger partial charge in [-0.3, -0.25) is 4.79 Å². The van der Waals surface area contributed by atoms with Crippen LogP contribution in [0.3, 0.4) is 0 Å². The minimum Gasteiger partial charge on any atom is -0.444 e. The Bertz CT molecular complexity index is 722. The highest BCUT2D eigenvalue weighted by atomic mass is 32.1. The predicted octanol–water partition coefficient (Wildman–Crippen LogP) is 3.73. The minimum atomic E-state index is -0.727. The van der Waals surface area contributed by atoms with Gasteiger partial charge in [0, 0.05) is 6.42 Å². The standard InChI is InChI=1S/C18H21NO3S/c1-18(2,3)22-17(21)19-15(16(20)23)11-12-8-9-13-6-4-5-7-14(13)10-12/h4-10,15H,11H2,1-3H3,(H,19,21)(H,20,23)/t15-/m0/s1. The van der Waals surface area contributed by atoms with Crippen LogP contribution in [0.15, 0.2) is 42.5 Å². The van der Waals surface area contributed by atoms with Crippen LogP contribution in [0.25, 0.3) is 10.8 Å². The molecule has 0 saturated heterocycles. The number of amides is 1. The molecule has 0 bridgehead atoms. The smallest absolute Gasteiger partial charge is 0.408 e. The molecule has 1 atom stereocenters. The van der Waals surface area contributed by atoms with E-state index in [1.165, 1.54) is 0 Å². The summed E-state index contributed by atoms with van der Waals surface area (Å²) < 4.78 is 5.19. The molecule has 0 aliphatic heterocycles. The fourth-order valence-electron chi connectivity index (χ4n) is 2.25. The highest BCUT2D eigenvalue weighted by Crippen LogP contribution is 2.17. The summed E-state index contributed by atoms with van der Waals surface area (Å²) >= 11 is 3.87. The number of alkyl carbamates (subject to hydrolysis) is 1. The first kappa shape index (κ1) is 17.3. The van der Waals surface area contributed by atoms with E-state index in [2.05, 4.69) is 17.9 Å². The molecule has 2 aromatic rings. The molecule has 1 N–H and O–H groups in total. The van der Waals surface area contributed by atoms with Crippen molar-refractivity contribution in [1.82, 2.24) is 5.32 Å². The highest BCUT2D eigenvalue weighted by molar-refractivity contribution is 7.96. The van der Waals surface area contributed by atoms with Crippen LogP contribution in [0.4, 0.5) is 4.79 Å². The van der Waals surface area contributed by atoms with E-state index >= 15 is 0 Å². The maximum absolute atomic E-state index is 11.9. The Morgan fingerprint density at radius 1 is 1.13 bits per heavy atom. The van der Waals surface area contributed by atoms with Crippen molar-refractivity contribution in [1.29, 1.82) is 0 Å². The van der Waals surface area contributed by atoms with Gasteiger partial charge in [0.15, 0.2) is 0 Å². The van der Waals surface area contributed by atoms with Crippen molar-refractivity contribution in [3.8, 4) is 0 Å². The lowest BCUT2D eigenvalue weighted by Gasteiger charge is -2.22. The van der Waals surface area contributed by atoms with Gasteiger partial charge in [0.05, 0.1) is 0 Å². The summed E-state index contributed by atoms with van der Waals surface area (Å²) in [6.45, 7) is 5.31. The van der Waals surface area contributed by atoms with Crippen LogP contribution in [0.2, 0.25) is 0 Å². The van der Waals surface area contributed by atoms with Gasteiger partial charge in [-0.2, -0.15) is 0 Å². The van der Waals surface area contributed by atoms with E-state index in [-0.39, 0.29) is 0 Å². The Labute approximate surface area is 141 Å². The van der Waals surface area contributed by atoms with Gasteiger partial charge >= 0.3 is 6.09 Å². The minimum absolute atomic E-state index is 0.367. The molecule has 0 aliphatic carbocycles. The highest BCUT2D eigenvalue weighted by Gasteiger charge is 2.22. The molecule has 0 fully saturated rings. The summed E-state index contributed by atoms with van der Waals surface area (Å²) in [6.07, 6.45) is -0.252. The maximum atomic E-state index is 11.9. The largest absolute Gasteiger partial charge is 0.444 e. The maximum Gasteiger partial charge on any atom is 0.408 e. The zero-order chi connectivity index (χ0) is 17.0. The molecule has 5 heteroatoms. The third-order valence-electron chi connectivity index (χ3n) is 3.24. The second kappa shape index (κ2) is 7.04. The summed E-state index contributed by atoms with van der Waals surface area (Å²) in [7, 11) is 0. The van der Waals surface area contributed by atoms with Gasteiger partial charge in [-0.05, 0) is 37.1 Å². The van der Waals surface area contributed by atoms with E-state index in [0.29, 0.717) is 6.42 Å². The number of hydrogen-bond acceptors (Lipinski definition) is 3. The molecule has 1 amide bonds. The molecule has 0 aromatic heterocycles. The number of ether oxygens (including phenoxy) is 1. The van der Waals surface area contributed by atoms with Gasteiger partial charge in [0.2, 0.25) is 5.12 Å². The van der Waals surface area contributed by atoms with Gasteiger partial charge in [-0.25, -0.2) is 4.79 Å². The monoisotopic (exact) mass is 331 g/mol. The Hall–Kier alpha value is -2.01. The van der Waals surface area contributed by atoms with Crippen molar-refractivity contribution >= 4 is 34.6 Å². The Kier molecular flexibility index (Phi) is 5.31. The Balaban J connectivity index is 2.11. The first-order valence-electron chi connectivity index (χ1n) is 7.44. The number of benzene rings is 2. The predicted molar refractivity (Wildman–Crippen MR) is 94.8 cm³/mol. The van der Waals surface area contributed by atoms with E-state index in [0.717, 1.165) is 16.3 Å². The molecule has 0 aliphatic rings. The number of nitrogens with one attached hydrogen (secondary N) is 1. The fraction of sp³-hybridized carbons (Fsp3) is 0.333. The first-order chi connectivity index (χ1) is 10.7. The van der Waals surface area contributed by atoms with Crippen molar-refractivity contribution < 1.29 is 14.3 Å². The number of carbonyl (C=O) groups is 2. The number of thiol groups is 1. The molecular formula is C18H21NO3S. The van der Waals surface area contributed by atoms with Crippen molar-refractivity contribution in [2.75, 3.05) is 0 Å². The molecule has 0 unspecified atom stereocenters.